The van der Waals surface area contributed by atoms with Crippen LogP contribution in [0.1, 0.15) is 23.0 Å². The molecule has 8 nitrogen and oxygen atoms in total. The van der Waals surface area contributed by atoms with E-state index in [2.05, 4.69) is 10.1 Å². The van der Waals surface area contributed by atoms with E-state index in [1.54, 1.807) is 62.4 Å². The number of nitrogens with zero attached hydrogens (tertiary/aromatic N) is 3. The Bertz CT molecular complexity index is 1350. The lowest BCUT2D eigenvalue weighted by atomic mass is 10.0. The zero-order chi connectivity index (χ0) is 24.2. The average Bonchev–Trinajstić information content (AvgIpc) is 3.22. The molecule has 34 heavy (non-hydrogen) atoms. The van der Waals surface area contributed by atoms with Gasteiger partial charge in [0.15, 0.2) is 5.76 Å². The molecule has 0 aliphatic heterocycles. The summed E-state index contributed by atoms with van der Waals surface area (Å²) in [6.07, 6.45) is 0.835. The van der Waals surface area contributed by atoms with Gasteiger partial charge in [-0.15, -0.1) is 0 Å². The number of anilines is 2. The second kappa shape index (κ2) is 9.76. The SMILES string of the molecule is CCOC(=O)N(c1ccccc1Cl)c1c(-c2ccc(-c3cc(C(=O)O)ccn3)cc2)noc1C. The Hall–Kier alpha value is -4.17. The number of rotatable bonds is 6. The molecule has 0 fully saturated rings. The van der Waals surface area contributed by atoms with Crippen molar-refractivity contribution in [3.63, 3.8) is 0 Å². The number of para-hydroxylation sites is 1. The second-order valence-corrected chi connectivity index (χ2v) is 7.64. The standard InChI is InChI=1S/C25H20ClN3O5/c1-3-33-25(32)29(21-7-5-4-6-19(21)26)23-15(2)34-28-22(23)17-10-8-16(9-11-17)20-14-18(24(30)31)12-13-27-20/h4-14H,3H2,1-2H3,(H,30,31). The quantitative estimate of drug-likeness (QED) is 0.344. The first-order valence-corrected chi connectivity index (χ1v) is 10.8. The van der Waals surface area contributed by atoms with E-state index in [1.165, 1.54) is 23.2 Å². The summed E-state index contributed by atoms with van der Waals surface area (Å²) in [6.45, 7) is 3.59. The first-order chi connectivity index (χ1) is 16.4. The molecule has 0 unspecified atom stereocenters. The van der Waals surface area contributed by atoms with Gasteiger partial charge in [0.05, 0.1) is 28.6 Å². The lowest BCUT2D eigenvalue weighted by Crippen LogP contribution is -2.27. The van der Waals surface area contributed by atoms with Crippen molar-refractivity contribution in [3.05, 3.63) is 83.2 Å². The van der Waals surface area contributed by atoms with Crippen molar-refractivity contribution in [2.24, 2.45) is 0 Å². The average molecular weight is 478 g/mol. The number of aryl methyl sites for hydroxylation is 1. The summed E-state index contributed by atoms with van der Waals surface area (Å²) in [4.78, 5) is 29.8. The summed E-state index contributed by atoms with van der Waals surface area (Å²) in [7, 11) is 0. The maximum atomic E-state index is 13.0. The molecule has 0 aliphatic rings. The minimum Gasteiger partial charge on any atom is -0.478 e. The minimum absolute atomic E-state index is 0.147. The van der Waals surface area contributed by atoms with Crippen LogP contribution >= 0.6 is 11.6 Å². The summed E-state index contributed by atoms with van der Waals surface area (Å²) in [5, 5.41) is 13.8. The van der Waals surface area contributed by atoms with Crippen molar-refractivity contribution in [1.29, 1.82) is 0 Å². The number of pyridine rings is 1. The summed E-state index contributed by atoms with van der Waals surface area (Å²) in [6, 6.07) is 17.0. The van der Waals surface area contributed by atoms with Crippen molar-refractivity contribution in [2.75, 3.05) is 11.5 Å². The molecule has 9 heteroatoms. The van der Waals surface area contributed by atoms with Crippen LogP contribution in [-0.2, 0) is 4.74 Å². The monoisotopic (exact) mass is 477 g/mol. The normalized spacial score (nSPS) is 10.7. The highest BCUT2D eigenvalue weighted by Gasteiger charge is 2.29. The second-order valence-electron chi connectivity index (χ2n) is 7.23. The van der Waals surface area contributed by atoms with Crippen LogP contribution in [0, 0.1) is 6.92 Å². The fourth-order valence-electron chi connectivity index (χ4n) is 3.47. The van der Waals surface area contributed by atoms with Crippen LogP contribution in [0.2, 0.25) is 5.02 Å². The molecule has 0 atom stereocenters. The number of hydrogen-bond acceptors (Lipinski definition) is 6. The van der Waals surface area contributed by atoms with Crippen LogP contribution in [0.25, 0.3) is 22.5 Å². The third-order valence-corrected chi connectivity index (χ3v) is 5.38. The molecule has 4 aromatic rings. The first-order valence-electron chi connectivity index (χ1n) is 10.4. The van der Waals surface area contributed by atoms with Crippen LogP contribution in [0.4, 0.5) is 16.2 Å². The van der Waals surface area contributed by atoms with E-state index in [4.69, 9.17) is 20.9 Å². The molecule has 0 bridgehead atoms. The number of carbonyl (C=O) groups excluding carboxylic acids is 1. The van der Waals surface area contributed by atoms with E-state index in [9.17, 15) is 14.7 Å². The third-order valence-electron chi connectivity index (χ3n) is 5.06. The van der Waals surface area contributed by atoms with Gasteiger partial charge in [-0.3, -0.25) is 4.98 Å². The molecule has 172 valence electrons. The number of carbonyl (C=O) groups is 2. The van der Waals surface area contributed by atoms with Crippen molar-refractivity contribution >= 4 is 35.0 Å². The zero-order valence-electron chi connectivity index (χ0n) is 18.4. The molecule has 4 rings (SSSR count). The first kappa shape index (κ1) is 23.0. The third kappa shape index (κ3) is 4.49. The van der Waals surface area contributed by atoms with E-state index in [1.807, 2.05) is 0 Å². The van der Waals surface area contributed by atoms with Crippen LogP contribution in [0.15, 0.2) is 71.4 Å². The zero-order valence-corrected chi connectivity index (χ0v) is 19.1. The van der Waals surface area contributed by atoms with Crippen LogP contribution in [0.5, 0.6) is 0 Å². The maximum Gasteiger partial charge on any atom is 0.419 e. The highest BCUT2D eigenvalue weighted by Crippen LogP contribution is 2.40. The Morgan fingerprint density at radius 3 is 2.47 bits per heavy atom. The predicted octanol–water partition coefficient (Wildman–Crippen LogP) is 6.36. The fourth-order valence-corrected chi connectivity index (χ4v) is 3.69. The Balaban J connectivity index is 1.77. The van der Waals surface area contributed by atoms with Gasteiger partial charge in [-0.05, 0) is 38.1 Å². The van der Waals surface area contributed by atoms with Crippen molar-refractivity contribution in [1.82, 2.24) is 10.1 Å². The minimum atomic E-state index is -1.03. The molecular weight excluding hydrogens is 458 g/mol. The smallest absolute Gasteiger partial charge is 0.419 e. The molecule has 1 amide bonds. The summed E-state index contributed by atoms with van der Waals surface area (Å²) in [5.41, 5.74) is 3.32. The number of halogens is 1. The van der Waals surface area contributed by atoms with Gasteiger partial charge in [0.1, 0.15) is 11.4 Å². The number of aromatic carboxylic acids is 1. The Morgan fingerprint density at radius 1 is 1.09 bits per heavy atom. The van der Waals surface area contributed by atoms with Gasteiger partial charge in [-0.2, -0.15) is 0 Å². The van der Waals surface area contributed by atoms with Gasteiger partial charge in [0.2, 0.25) is 0 Å². The van der Waals surface area contributed by atoms with E-state index < -0.39 is 12.1 Å². The Kier molecular flexibility index (Phi) is 6.60. The molecule has 0 saturated carbocycles. The number of carboxylic acid groups (broad SMARTS) is 1. The van der Waals surface area contributed by atoms with Crippen LogP contribution in [0.3, 0.4) is 0 Å². The number of ether oxygens (including phenoxy) is 1. The molecule has 0 spiro atoms. The number of hydrogen-bond donors (Lipinski definition) is 1. The molecule has 0 aliphatic carbocycles. The number of aromatic nitrogens is 2. The van der Waals surface area contributed by atoms with E-state index >= 15 is 0 Å². The lowest BCUT2D eigenvalue weighted by Gasteiger charge is -2.23. The lowest BCUT2D eigenvalue weighted by molar-refractivity contribution is 0.0696. The van der Waals surface area contributed by atoms with Gasteiger partial charge in [0.25, 0.3) is 0 Å². The molecule has 0 radical (unpaired) electrons. The Labute approximate surface area is 200 Å². The molecule has 2 aromatic heterocycles. The van der Waals surface area contributed by atoms with Gasteiger partial charge in [0, 0.05) is 17.3 Å². The van der Waals surface area contributed by atoms with Crippen LogP contribution < -0.4 is 4.90 Å². The molecule has 0 saturated heterocycles. The van der Waals surface area contributed by atoms with E-state index in [0.29, 0.717) is 39.1 Å². The van der Waals surface area contributed by atoms with Crippen molar-refractivity contribution in [2.45, 2.75) is 13.8 Å². The number of carboxylic acids is 1. The van der Waals surface area contributed by atoms with E-state index in [-0.39, 0.29) is 12.2 Å². The highest BCUT2D eigenvalue weighted by molar-refractivity contribution is 6.34. The highest BCUT2D eigenvalue weighted by atomic mass is 35.5. The topological polar surface area (TPSA) is 106 Å². The molecule has 2 aromatic carbocycles. The van der Waals surface area contributed by atoms with Crippen molar-refractivity contribution < 1.29 is 24.0 Å². The summed E-state index contributed by atoms with van der Waals surface area (Å²) < 4.78 is 10.8. The van der Waals surface area contributed by atoms with Gasteiger partial charge >= 0.3 is 12.1 Å². The number of amides is 1. The Morgan fingerprint density at radius 2 is 1.79 bits per heavy atom. The molecule has 2 heterocycles. The van der Waals surface area contributed by atoms with Gasteiger partial charge < -0.3 is 14.4 Å². The molecular formula is C25H20ClN3O5. The largest absolute Gasteiger partial charge is 0.478 e. The van der Waals surface area contributed by atoms with Gasteiger partial charge in [-0.25, -0.2) is 14.5 Å². The molecule has 1 N–H and O–H groups in total. The summed E-state index contributed by atoms with van der Waals surface area (Å²) in [5.74, 6) is -0.621. The number of benzene rings is 2. The van der Waals surface area contributed by atoms with Gasteiger partial charge in [-0.1, -0.05) is 53.2 Å². The summed E-state index contributed by atoms with van der Waals surface area (Å²) >= 11 is 6.41. The fraction of sp³-hybridized carbons (Fsp3) is 0.120. The maximum absolute atomic E-state index is 13.0. The van der Waals surface area contributed by atoms with Crippen LogP contribution in [-0.4, -0.2) is 33.9 Å². The predicted molar refractivity (Wildman–Crippen MR) is 127 cm³/mol. The van der Waals surface area contributed by atoms with Crippen molar-refractivity contribution in [3.8, 4) is 22.5 Å². The van der Waals surface area contributed by atoms with E-state index in [0.717, 1.165) is 5.56 Å².